The monoisotopic (exact) mass is 225 g/mol. The molecule has 0 aromatic heterocycles. The first-order chi connectivity index (χ1) is 7.61. The molecule has 0 bridgehead atoms. The van der Waals surface area contributed by atoms with E-state index in [1.54, 1.807) is 0 Å². The van der Waals surface area contributed by atoms with Crippen molar-refractivity contribution in [2.24, 2.45) is 0 Å². The lowest BCUT2D eigenvalue weighted by Crippen LogP contribution is -2.25. The molecule has 1 aliphatic heterocycles. The molecule has 1 atom stereocenters. The van der Waals surface area contributed by atoms with Crippen molar-refractivity contribution in [2.45, 2.75) is 12.5 Å². The minimum atomic E-state index is -0.649. The molecule has 16 heavy (non-hydrogen) atoms. The van der Waals surface area contributed by atoms with Gasteiger partial charge in [-0.2, -0.15) is 0 Å². The van der Waals surface area contributed by atoms with Gasteiger partial charge in [-0.1, -0.05) is 0 Å². The number of β-amino-alcohol motifs (C(OH)–C–C–N with tert-alkyl or cyclic N) is 1. The van der Waals surface area contributed by atoms with Crippen LogP contribution < -0.4 is 9.64 Å². The quantitative estimate of drug-likeness (QED) is 0.814. The molecule has 0 spiro atoms. The number of halogens is 1. The average Bonchev–Trinajstić information content (AvgIpc) is 2.59. The van der Waals surface area contributed by atoms with Crippen LogP contribution in [0.1, 0.15) is 6.42 Å². The van der Waals surface area contributed by atoms with Gasteiger partial charge in [-0.25, -0.2) is 4.39 Å². The lowest BCUT2D eigenvalue weighted by molar-refractivity contribution is -0.117. The summed E-state index contributed by atoms with van der Waals surface area (Å²) in [6, 6.07) is 4.19. The van der Waals surface area contributed by atoms with Gasteiger partial charge in [0.15, 0.2) is 11.6 Å². The Kier molecular flexibility index (Phi) is 2.78. The molecule has 0 aliphatic carbocycles. The third-order valence-electron chi connectivity index (χ3n) is 2.55. The molecule has 86 valence electrons. The Labute approximate surface area is 92.2 Å². The van der Waals surface area contributed by atoms with Gasteiger partial charge in [-0.3, -0.25) is 4.79 Å². The van der Waals surface area contributed by atoms with Crippen molar-refractivity contribution in [1.82, 2.24) is 0 Å². The van der Waals surface area contributed by atoms with E-state index in [1.807, 2.05) is 0 Å². The van der Waals surface area contributed by atoms with Crippen LogP contribution in [0.25, 0.3) is 0 Å². The molecule has 1 aliphatic rings. The number of carbonyl (C=O) groups excluding carboxylic acids is 1. The fourth-order valence-corrected chi connectivity index (χ4v) is 1.75. The maximum atomic E-state index is 13.2. The van der Waals surface area contributed by atoms with Gasteiger partial charge in [0.05, 0.1) is 26.2 Å². The number of nitrogens with zero attached hydrogens (tertiary/aromatic N) is 1. The van der Waals surface area contributed by atoms with Crippen molar-refractivity contribution >= 4 is 11.6 Å². The Morgan fingerprint density at radius 3 is 2.88 bits per heavy atom. The van der Waals surface area contributed by atoms with Gasteiger partial charge in [0.25, 0.3) is 0 Å². The number of aliphatic hydroxyl groups excluding tert-OH is 1. The summed E-state index contributed by atoms with van der Waals surface area (Å²) in [6.45, 7) is 0.244. The predicted molar refractivity (Wildman–Crippen MR) is 55.9 cm³/mol. The molecule has 1 aromatic rings. The summed E-state index contributed by atoms with van der Waals surface area (Å²) >= 11 is 0. The van der Waals surface area contributed by atoms with Gasteiger partial charge >= 0.3 is 0 Å². The maximum absolute atomic E-state index is 13.2. The van der Waals surface area contributed by atoms with Crippen LogP contribution in [0.4, 0.5) is 10.1 Å². The van der Waals surface area contributed by atoms with E-state index < -0.39 is 11.9 Å². The minimum Gasteiger partial charge on any atom is -0.494 e. The molecular weight excluding hydrogens is 213 g/mol. The van der Waals surface area contributed by atoms with Crippen LogP contribution in [-0.2, 0) is 4.79 Å². The fraction of sp³-hybridized carbons (Fsp3) is 0.364. The fourth-order valence-electron chi connectivity index (χ4n) is 1.75. The zero-order chi connectivity index (χ0) is 11.7. The van der Waals surface area contributed by atoms with Crippen molar-refractivity contribution in [2.75, 3.05) is 18.6 Å². The smallest absolute Gasteiger partial charge is 0.229 e. The molecule has 0 radical (unpaired) electrons. The molecule has 5 heteroatoms. The van der Waals surface area contributed by atoms with E-state index >= 15 is 0 Å². The highest BCUT2D eigenvalue weighted by Gasteiger charge is 2.29. The number of amides is 1. The standard InChI is InChI=1S/C11H12FNO3/c1-16-10-4-7(2-3-9(10)12)13-6-8(14)5-11(13)15/h2-4,8,14H,5-6H2,1H3. The largest absolute Gasteiger partial charge is 0.494 e. The summed E-state index contributed by atoms with van der Waals surface area (Å²) in [6.07, 6.45) is -0.539. The van der Waals surface area contributed by atoms with Gasteiger partial charge in [0.2, 0.25) is 5.91 Å². The molecule has 1 N–H and O–H groups in total. The van der Waals surface area contributed by atoms with Gasteiger partial charge in [0, 0.05) is 11.8 Å². The van der Waals surface area contributed by atoms with Gasteiger partial charge in [0.1, 0.15) is 0 Å². The molecule has 4 nitrogen and oxygen atoms in total. The predicted octanol–water partition coefficient (Wildman–Crippen LogP) is 0.932. The van der Waals surface area contributed by atoms with Crippen LogP contribution in [0.2, 0.25) is 0 Å². The van der Waals surface area contributed by atoms with E-state index in [2.05, 4.69) is 0 Å². The van der Waals surface area contributed by atoms with E-state index in [4.69, 9.17) is 4.74 Å². The number of methoxy groups -OCH3 is 1. The number of ether oxygens (including phenoxy) is 1. The van der Waals surface area contributed by atoms with E-state index in [9.17, 15) is 14.3 Å². The number of anilines is 1. The molecule has 2 rings (SSSR count). The van der Waals surface area contributed by atoms with Crippen LogP contribution in [0.15, 0.2) is 18.2 Å². The Balaban J connectivity index is 2.30. The second-order valence-electron chi connectivity index (χ2n) is 3.68. The molecule has 1 heterocycles. The van der Waals surface area contributed by atoms with Crippen molar-refractivity contribution in [1.29, 1.82) is 0 Å². The van der Waals surface area contributed by atoms with Gasteiger partial charge < -0.3 is 14.7 Å². The lowest BCUT2D eigenvalue weighted by atomic mass is 10.2. The summed E-state index contributed by atoms with van der Waals surface area (Å²) in [5, 5.41) is 9.34. The summed E-state index contributed by atoms with van der Waals surface area (Å²) in [5.41, 5.74) is 0.541. The van der Waals surface area contributed by atoms with Gasteiger partial charge in [-0.05, 0) is 12.1 Å². The zero-order valence-electron chi connectivity index (χ0n) is 8.81. The molecule has 1 amide bonds. The zero-order valence-corrected chi connectivity index (χ0v) is 8.81. The Morgan fingerprint density at radius 2 is 2.31 bits per heavy atom. The van der Waals surface area contributed by atoms with Crippen LogP contribution in [0.5, 0.6) is 5.75 Å². The number of hydrogen-bond acceptors (Lipinski definition) is 3. The number of carbonyl (C=O) groups is 1. The highest BCUT2D eigenvalue weighted by atomic mass is 19.1. The van der Waals surface area contributed by atoms with Crippen molar-refractivity contribution in [3.8, 4) is 5.75 Å². The molecule has 1 aromatic carbocycles. The Hall–Kier alpha value is -1.62. The third-order valence-corrected chi connectivity index (χ3v) is 2.55. The number of aliphatic hydroxyl groups is 1. The van der Waals surface area contributed by atoms with E-state index in [0.717, 1.165) is 0 Å². The summed E-state index contributed by atoms with van der Waals surface area (Å²) in [7, 11) is 1.36. The van der Waals surface area contributed by atoms with Crippen LogP contribution in [0.3, 0.4) is 0 Å². The van der Waals surface area contributed by atoms with Gasteiger partial charge in [-0.15, -0.1) is 0 Å². The number of rotatable bonds is 2. The maximum Gasteiger partial charge on any atom is 0.229 e. The third kappa shape index (κ3) is 1.86. The Morgan fingerprint density at radius 1 is 1.56 bits per heavy atom. The average molecular weight is 225 g/mol. The van der Waals surface area contributed by atoms with E-state index in [-0.39, 0.29) is 24.6 Å². The van der Waals surface area contributed by atoms with Crippen molar-refractivity contribution < 1.29 is 19.0 Å². The van der Waals surface area contributed by atoms with Crippen LogP contribution in [0, 0.1) is 5.82 Å². The SMILES string of the molecule is COc1cc(N2CC(O)CC2=O)ccc1F. The minimum absolute atomic E-state index is 0.0895. The molecule has 1 unspecified atom stereocenters. The molecule has 1 fully saturated rings. The topological polar surface area (TPSA) is 49.8 Å². The Bertz CT molecular complexity index is 422. The summed E-state index contributed by atoms with van der Waals surface area (Å²) < 4.78 is 18.0. The first-order valence-corrected chi connectivity index (χ1v) is 4.94. The molecular formula is C11H12FNO3. The highest BCUT2D eigenvalue weighted by Crippen LogP contribution is 2.27. The number of benzene rings is 1. The second kappa shape index (κ2) is 4.09. The molecule has 0 saturated carbocycles. The van der Waals surface area contributed by atoms with Crippen molar-refractivity contribution in [3.05, 3.63) is 24.0 Å². The lowest BCUT2D eigenvalue weighted by Gasteiger charge is -2.16. The first kappa shape index (κ1) is 10.9. The normalized spacial score (nSPS) is 20.3. The van der Waals surface area contributed by atoms with E-state index in [1.165, 1.54) is 30.2 Å². The summed E-state index contributed by atoms with van der Waals surface area (Å²) in [4.78, 5) is 12.9. The van der Waals surface area contributed by atoms with Crippen LogP contribution in [-0.4, -0.2) is 30.8 Å². The molecule has 1 saturated heterocycles. The first-order valence-electron chi connectivity index (χ1n) is 4.94. The number of hydrogen-bond donors (Lipinski definition) is 1. The second-order valence-corrected chi connectivity index (χ2v) is 3.68. The van der Waals surface area contributed by atoms with Crippen molar-refractivity contribution in [3.63, 3.8) is 0 Å². The summed E-state index contributed by atoms with van der Waals surface area (Å²) in [5.74, 6) is -0.550. The van der Waals surface area contributed by atoms with E-state index in [0.29, 0.717) is 5.69 Å². The van der Waals surface area contributed by atoms with Crippen LogP contribution >= 0.6 is 0 Å². The highest BCUT2D eigenvalue weighted by molar-refractivity contribution is 5.96.